The molecule has 0 atom stereocenters. The van der Waals surface area contributed by atoms with Crippen LogP contribution < -0.4 is 20.3 Å². The Labute approximate surface area is 193 Å². The lowest BCUT2D eigenvalue weighted by atomic mass is 10.1. The van der Waals surface area contributed by atoms with Gasteiger partial charge in [-0.15, -0.1) is 4.57 Å². The third-order valence-electron chi connectivity index (χ3n) is 4.89. The van der Waals surface area contributed by atoms with Gasteiger partial charge >= 0.3 is 5.97 Å². The van der Waals surface area contributed by atoms with Crippen LogP contribution >= 0.6 is 0 Å². The zero-order valence-corrected chi connectivity index (χ0v) is 18.7. The Bertz CT molecular complexity index is 1440. The lowest BCUT2D eigenvalue weighted by Gasteiger charge is -2.12. The van der Waals surface area contributed by atoms with Crippen LogP contribution in [0.4, 0.5) is 5.69 Å². The minimum absolute atomic E-state index is 0.179. The molecule has 0 saturated carbocycles. The molecule has 2 aromatic heterocycles. The summed E-state index contributed by atoms with van der Waals surface area (Å²) in [5.41, 5.74) is 1.02. The van der Waals surface area contributed by atoms with Crippen LogP contribution in [0, 0.1) is 6.92 Å². The highest BCUT2D eigenvalue weighted by Gasteiger charge is 2.16. The highest BCUT2D eigenvalue weighted by molar-refractivity contribution is 6.06. The molecule has 174 valence electrons. The molecule has 0 bridgehead atoms. The molecule has 2 aromatic carbocycles. The summed E-state index contributed by atoms with van der Waals surface area (Å²) in [6.45, 7) is 1.48. The molecule has 4 rings (SSSR count). The van der Waals surface area contributed by atoms with Crippen LogP contribution in [0.3, 0.4) is 0 Å². The Kier molecular flexibility index (Phi) is 6.30. The van der Waals surface area contributed by atoms with Gasteiger partial charge in [-0.1, -0.05) is 6.07 Å². The van der Waals surface area contributed by atoms with E-state index in [0.29, 0.717) is 28.5 Å². The molecule has 1 N–H and O–H groups in total. The van der Waals surface area contributed by atoms with Gasteiger partial charge in [-0.3, -0.25) is 9.59 Å². The predicted molar refractivity (Wildman–Crippen MR) is 122 cm³/mol. The van der Waals surface area contributed by atoms with Gasteiger partial charge in [0.05, 0.1) is 31.2 Å². The van der Waals surface area contributed by atoms with E-state index in [0.717, 1.165) is 4.57 Å². The second kappa shape index (κ2) is 9.49. The third kappa shape index (κ3) is 4.75. The second-order valence-electron chi connectivity index (χ2n) is 7.26. The number of methoxy groups -OCH3 is 2. The smallest absolute Gasteiger partial charge is 0.338 e. The van der Waals surface area contributed by atoms with Crippen molar-refractivity contribution >= 4 is 23.2 Å². The Morgan fingerprint density at radius 1 is 1.03 bits per heavy atom. The first-order chi connectivity index (χ1) is 16.4. The van der Waals surface area contributed by atoms with E-state index in [1.807, 2.05) is 0 Å². The summed E-state index contributed by atoms with van der Waals surface area (Å²) < 4.78 is 22.1. The van der Waals surface area contributed by atoms with E-state index in [-0.39, 0.29) is 23.6 Å². The summed E-state index contributed by atoms with van der Waals surface area (Å²) in [6.07, 6.45) is 0. The number of nitrogens with zero attached hydrogens (tertiary/aromatic N) is 2. The molecule has 0 spiro atoms. The highest BCUT2D eigenvalue weighted by atomic mass is 16.5. The maximum atomic E-state index is 12.7. The van der Waals surface area contributed by atoms with Crippen molar-refractivity contribution in [2.45, 2.75) is 13.5 Å². The molecule has 0 aliphatic rings. The third-order valence-corrected chi connectivity index (χ3v) is 4.89. The number of hydrogen-bond acceptors (Lipinski definition) is 8. The summed E-state index contributed by atoms with van der Waals surface area (Å²) in [4.78, 5) is 41.7. The highest BCUT2D eigenvalue weighted by Crippen LogP contribution is 2.27. The fourth-order valence-electron chi connectivity index (χ4n) is 3.26. The molecule has 0 unspecified atom stereocenters. The van der Waals surface area contributed by atoms with Crippen LogP contribution in [0.5, 0.6) is 11.5 Å². The van der Waals surface area contributed by atoms with Crippen molar-refractivity contribution in [2.24, 2.45) is 0 Å². The van der Waals surface area contributed by atoms with Gasteiger partial charge in [0.15, 0.2) is 5.65 Å². The van der Waals surface area contributed by atoms with Gasteiger partial charge in [-0.25, -0.2) is 9.78 Å². The average molecular weight is 463 g/mol. The molecular formula is C24H21N3O7. The van der Waals surface area contributed by atoms with Crippen LogP contribution in [0.25, 0.3) is 5.65 Å². The number of fused-ring (bicyclic) bond motifs is 1. The molecule has 34 heavy (non-hydrogen) atoms. The lowest BCUT2D eigenvalue weighted by molar-refractivity contribution is 0.0467. The number of nitrogens with one attached hydrogen (secondary N) is 1. The van der Waals surface area contributed by atoms with Crippen LogP contribution in [-0.2, 0) is 11.3 Å². The van der Waals surface area contributed by atoms with E-state index in [9.17, 15) is 14.4 Å². The first-order valence-electron chi connectivity index (χ1n) is 10.2. The van der Waals surface area contributed by atoms with Crippen molar-refractivity contribution in [1.82, 2.24) is 9.56 Å². The number of rotatable bonds is 7. The van der Waals surface area contributed by atoms with E-state index < -0.39 is 17.4 Å². The van der Waals surface area contributed by atoms with E-state index in [1.165, 1.54) is 32.4 Å². The number of carbonyl (C=O) groups excluding carboxylic acids is 2. The van der Waals surface area contributed by atoms with E-state index in [4.69, 9.17) is 18.7 Å². The fourth-order valence-corrected chi connectivity index (χ4v) is 3.26. The van der Waals surface area contributed by atoms with Crippen molar-refractivity contribution in [3.8, 4) is 11.5 Å². The molecule has 4 aromatic rings. The normalized spacial score (nSPS) is 10.7. The van der Waals surface area contributed by atoms with Crippen LogP contribution in [0.1, 0.15) is 32.2 Å². The first-order valence-corrected chi connectivity index (χ1v) is 10.2. The first kappa shape index (κ1) is 22.6. The number of carbonyl (C=O) groups is 2. The molecule has 0 fully saturated rings. The van der Waals surface area contributed by atoms with Crippen molar-refractivity contribution < 1.29 is 28.3 Å². The maximum absolute atomic E-state index is 12.7. The molecule has 0 saturated heterocycles. The molecule has 0 aliphatic heterocycles. The zero-order valence-electron chi connectivity index (χ0n) is 18.7. The molecule has 1 amide bonds. The van der Waals surface area contributed by atoms with Gasteiger partial charge in [-0.05, 0) is 43.3 Å². The quantitative estimate of drug-likeness (QED) is 0.415. The Morgan fingerprint density at radius 3 is 2.62 bits per heavy atom. The zero-order chi connectivity index (χ0) is 24.2. The van der Waals surface area contributed by atoms with Crippen LogP contribution in [0.15, 0.2) is 63.9 Å². The van der Waals surface area contributed by atoms with Crippen molar-refractivity contribution in [2.75, 3.05) is 19.5 Å². The lowest BCUT2D eigenvalue weighted by Crippen LogP contribution is -2.15. The summed E-state index contributed by atoms with van der Waals surface area (Å²) in [5, 5.41) is 2.73. The van der Waals surface area contributed by atoms with Gasteiger partial charge in [-0.2, -0.15) is 0 Å². The second-order valence-corrected chi connectivity index (χ2v) is 7.26. The number of esters is 1. The SMILES string of the molecule is COc1cccc(C(=O)Nc2cc(C(=O)OCc3cc(=O)n4oc(C)cc4n3)ccc2OC)c1. The molecule has 0 aliphatic carbocycles. The number of benzene rings is 2. The monoisotopic (exact) mass is 463 g/mol. The number of aryl methyl sites for hydroxylation is 1. The molecule has 10 heteroatoms. The van der Waals surface area contributed by atoms with Crippen LogP contribution in [0.2, 0.25) is 0 Å². The Morgan fingerprint density at radius 2 is 1.85 bits per heavy atom. The van der Waals surface area contributed by atoms with Crippen molar-refractivity contribution in [1.29, 1.82) is 0 Å². The number of amides is 1. The summed E-state index contributed by atoms with van der Waals surface area (Å²) in [6, 6.07) is 14.0. The van der Waals surface area contributed by atoms with E-state index in [2.05, 4.69) is 10.3 Å². The van der Waals surface area contributed by atoms with Gasteiger partial charge in [0, 0.05) is 17.7 Å². The largest absolute Gasteiger partial charge is 0.497 e. The maximum Gasteiger partial charge on any atom is 0.338 e. The molecule has 2 heterocycles. The number of aromatic nitrogens is 2. The van der Waals surface area contributed by atoms with E-state index >= 15 is 0 Å². The minimum Gasteiger partial charge on any atom is -0.497 e. The van der Waals surface area contributed by atoms with Gasteiger partial charge in [0.2, 0.25) is 0 Å². The molecule has 0 radical (unpaired) electrons. The van der Waals surface area contributed by atoms with Crippen molar-refractivity contribution in [3.05, 3.63) is 87.5 Å². The van der Waals surface area contributed by atoms with Gasteiger partial charge in [0.1, 0.15) is 23.9 Å². The molecular weight excluding hydrogens is 442 g/mol. The standard InChI is InChI=1S/C24H21N3O7/c1-14-9-21-25-17(12-22(28)27(21)34-14)13-33-24(30)16-7-8-20(32-3)19(11-16)26-23(29)15-5-4-6-18(10-15)31-2/h4-12H,13H2,1-3H3,(H,26,29). The summed E-state index contributed by atoms with van der Waals surface area (Å²) in [5.74, 6) is 0.360. The molecule has 10 nitrogen and oxygen atoms in total. The van der Waals surface area contributed by atoms with E-state index in [1.54, 1.807) is 43.3 Å². The number of anilines is 1. The number of hydrogen-bond donors (Lipinski definition) is 1. The Balaban J connectivity index is 1.50. The minimum atomic E-state index is -0.662. The average Bonchev–Trinajstić information content (AvgIpc) is 3.23. The number of ether oxygens (including phenoxy) is 3. The summed E-state index contributed by atoms with van der Waals surface area (Å²) in [7, 11) is 2.96. The van der Waals surface area contributed by atoms with Crippen LogP contribution in [-0.4, -0.2) is 35.7 Å². The fraction of sp³-hybridized carbons (Fsp3) is 0.167. The van der Waals surface area contributed by atoms with Gasteiger partial charge < -0.3 is 24.1 Å². The summed E-state index contributed by atoms with van der Waals surface area (Å²) >= 11 is 0. The van der Waals surface area contributed by atoms with Crippen molar-refractivity contribution in [3.63, 3.8) is 0 Å². The van der Waals surface area contributed by atoms with Gasteiger partial charge in [0.25, 0.3) is 11.5 Å². The topological polar surface area (TPSA) is 121 Å². The predicted octanol–water partition coefficient (Wildman–Crippen LogP) is 3.22. The Hall–Kier alpha value is -4.60.